The molecule has 0 radical (unpaired) electrons. The first-order chi connectivity index (χ1) is 12.7. The van der Waals surface area contributed by atoms with Crippen LogP contribution in [0.1, 0.15) is 29.2 Å². The van der Waals surface area contributed by atoms with Gasteiger partial charge in [-0.05, 0) is 28.7 Å². The van der Waals surface area contributed by atoms with E-state index in [1.807, 2.05) is 41.3 Å². The number of aryl methyl sites for hydroxylation is 1. The minimum atomic E-state index is 0.155. The van der Waals surface area contributed by atoms with Crippen molar-refractivity contribution in [1.29, 1.82) is 0 Å². The molecular weight excluding hydrogens is 318 g/mol. The molecule has 2 heteroatoms. The second-order valence-corrected chi connectivity index (χ2v) is 6.57. The van der Waals surface area contributed by atoms with Crippen LogP contribution in [0.5, 0.6) is 0 Å². The molecule has 3 aromatic rings. The van der Waals surface area contributed by atoms with Crippen LogP contribution in [-0.2, 0) is 30.7 Å². The molecule has 2 nitrogen and oxygen atoms in total. The van der Waals surface area contributed by atoms with E-state index in [1.165, 1.54) is 5.56 Å². The molecule has 0 unspecified atom stereocenters. The second kappa shape index (κ2) is 9.00. The lowest BCUT2D eigenvalue weighted by molar-refractivity contribution is -0.131. The van der Waals surface area contributed by atoms with Crippen molar-refractivity contribution in [3.63, 3.8) is 0 Å². The molecule has 0 fully saturated rings. The predicted molar refractivity (Wildman–Crippen MR) is 107 cm³/mol. The van der Waals surface area contributed by atoms with Gasteiger partial charge in [0.1, 0.15) is 0 Å². The van der Waals surface area contributed by atoms with Crippen molar-refractivity contribution in [3.05, 3.63) is 107 Å². The van der Waals surface area contributed by atoms with Gasteiger partial charge in [-0.3, -0.25) is 4.79 Å². The summed E-state index contributed by atoms with van der Waals surface area (Å²) in [5, 5.41) is 0. The van der Waals surface area contributed by atoms with E-state index in [4.69, 9.17) is 0 Å². The highest BCUT2D eigenvalue weighted by atomic mass is 16.2. The number of carbonyl (C=O) groups excluding carboxylic acids is 1. The van der Waals surface area contributed by atoms with Crippen LogP contribution in [0.4, 0.5) is 0 Å². The van der Waals surface area contributed by atoms with Crippen LogP contribution in [-0.4, -0.2) is 10.8 Å². The van der Waals surface area contributed by atoms with Gasteiger partial charge in [0.05, 0.1) is 6.42 Å². The molecule has 0 heterocycles. The van der Waals surface area contributed by atoms with E-state index in [-0.39, 0.29) is 5.91 Å². The third kappa shape index (κ3) is 5.06. The van der Waals surface area contributed by atoms with Gasteiger partial charge in [0.25, 0.3) is 0 Å². The average Bonchev–Trinajstić information content (AvgIpc) is 2.69. The van der Waals surface area contributed by atoms with Crippen LogP contribution in [0.15, 0.2) is 84.9 Å². The van der Waals surface area contributed by atoms with Gasteiger partial charge in [0.2, 0.25) is 5.91 Å². The maximum atomic E-state index is 13.0. The van der Waals surface area contributed by atoms with E-state index in [1.54, 1.807) is 0 Å². The van der Waals surface area contributed by atoms with Gasteiger partial charge in [0.15, 0.2) is 0 Å². The van der Waals surface area contributed by atoms with E-state index >= 15 is 0 Å². The van der Waals surface area contributed by atoms with Crippen molar-refractivity contribution in [2.45, 2.75) is 32.9 Å². The molecule has 0 N–H and O–H groups in total. The molecule has 3 aromatic carbocycles. The summed E-state index contributed by atoms with van der Waals surface area (Å²) in [6.07, 6.45) is 1.45. The molecule has 0 atom stereocenters. The summed E-state index contributed by atoms with van der Waals surface area (Å²) in [7, 11) is 0. The van der Waals surface area contributed by atoms with Gasteiger partial charge in [-0.1, -0.05) is 91.9 Å². The molecule has 0 aliphatic heterocycles. The van der Waals surface area contributed by atoms with Crippen LogP contribution in [0, 0.1) is 0 Å². The SMILES string of the molecule is CCc1ccc(CC(=O)N(Cc2ccccc2)Cc2ccccc2)cc1. The zero-order valence-electron chi connectivity index (χ0n) is 15.3. The summed E-state index contributed by atoms with van der Waals surface area (Å²) in [6, 6.07) is 28.7. The molecule has 0 spiro atoms. The summed E-state index contributed by atoms with van der Waals surface area (Å²) in [4.78, 5) is 14.9. The normalized spacial score (nSPS) is 10.5. The van der Waals surface area contributed by atoms with Gasteiger partial charge in [-0.25, -0.2) is 0 Å². The van der Waals surface area contributed by atoms with Crippen molar-refractivity contribution in [3.8, 4) is 0 Å². The summed E-state index contributed by atoms with van der Waals surface area (Å²) >= 11 is 0. The van der Waals surface area contributed by atoms with E-state index in [2.05, 4.69) is 55.5 Å². The number of hydrogen-bond donors (Lipinski definition) is 0. The van der Waals surface area contributed by atoms with Gasteiger partial charge in [-0.15, -0.1) is 0 Å². The summed E-state index contributed by atoms with van der Waals surface area (Å²) in [6.45, 7) is 3.39. The minimum Gasteiger partial charge on any atom is -0.334 e. The first-order valence-corrected chi connectivity index (χ1v) is 9.18. The maximum Gasteiger partial charge on any atom is 0.227 e. The molecule has 26 heavy (non-hydrogen) atoms. The molecule has 0 aliphatic rings. The molecule has 0 saturated heterocycles. The summed E-state index contributed by atoms with van der Waals surface area (Å²) in [5.41, 5.74) is 4.67. The Hall–Kier alpha value is -2.87. The number of nitrogens with zero attached hydrogens (tertiary/aromatic N) is 1. The Bertz CT molecular complexity index is 768. The zero-order chi connectivity index (χ0) is 18.2. The molecule has 0 aromatic heterocycles. The maximum absolute atomic E-state index is 13.0. The molecule has 1 amide bonds. The van der Waals surface area contributed by atoms with Crippen molar-refractivity contribution < 1.29 is 4.79 Å². The highest BCUT2D eigenvalue weighted by Gasteiger charge is 2.15. The van der Waals surface area contributed by atoms with Crippen molar-refractivity contribution in [2.75, 3.05) is 0 Å². The first-order valence-electron chi connectivity index (χ1n) is 9.18. The van der Waals surface area contributed by atoms with Crippen molar-refractivity contribution in [2.24, 2.45) is 0 Å². The summed E-state index contributed by atoms with van der Waals surface area (Å²) in [5.74, 6) is 0.155. The smallest absolute Gasteiger partial charge is 0.227 e. The molecule has 0 aliphatic carbocycles. The van der Waals surface area contributed by atoms with E-state index in [0.29, 0.717) is 19.5 Å². The third-order valence-corrected chi connectivity index (χ3v) is 4.57. The fraction of sp³-hybridized carbons (Fsp3) is 0.208. The topological polar surface area (TPSA) is 20.3 Å². The minimum absolute atomic E-state index is 0.155. The standard InChI is InChI=1S/C24H25NO/c1-2-20-13-15-21(16-14-20)17-24(26)25(18-22-9-5-3-6-10-22)19-23-11-7-4-8-12-23/h3-16H,2,17-19H2,1H3. The van der Waals surface area contributed by atoms with Gasteiger partial charge >= 0.3 is 0 Å². The van der Waals surface area contributed by atoms with Crippen LogP contribution in [0.3, 0.4) is 0 Å². The molecule has 132 valence electrons. The Morgan fingerprint density at radius 3 is 1.58 bits per heavy atom. The third-order valence-electron chi connectivity index (χ3n) is 4.57. The number of carbonyl (C=O) groups is 1. The quantitative estimate of drug-likeness (QED) is 0.590. The second-order valence-electron chi connectivity index (χ2n) is 6.57. The lowest BCUT2D eigenvalue weighted by Gasteiger charge is -2.23. The van der Waals surface area contributed by atoms with Gasteiger partial charge in [0, 0.05) is 13.1 Å². The number of benzene rings is 3. The Kier molecular flexibility index (Phi) is 6.21. The number of amides is 1. The van der Waals surface area contributed by atoms with Crippen molar-refractivity contribution in [1.82, 2.24) is 4.90 Å². The summed E-state index contributed by atoms with van der Waals surface area (Å²) < 4.78 is 0. The lowest BCUT2D eigenvalue weighted by Crippen LogP contribution is -2.31. The highest BCUT2D eigenvalue weighted by molar-refractivity contribution is 5.78. The lowest BCUT2D eigenvalue weighted by atomic mass is 10.1. The van der Waals surface area contributed by atoms with Gasteiger partial charge < -0.3 is 4.90 Å². The largest absolute Gasteiger partial charge is 0.334 e. The van der Waals surface area contributed by atoms with Crippen LogP contribution >= 0.6 is 0 Å². The Balaban J connectivity index is 1.75. The Morgan fingerprint density at radius 2 is 1.12 bits per heavy atom. The molecular formula is C24H25NO. The Morgan fingerprint density at radius 1 is 0.654 bits per heavy atom. The van der Waals surface area contributed by atoms with Gasteiger partial charge in [-0.2, -0.15) is 0 Å². The van der Waals surface area contributed by atoms with Crippen LogP contribution < -0.4 is 0 Å². The number of rotatable bonds is 7. The van der Waals surface area contributed by atoms with Crippen molar-refractivity contribution >= 4 is 5.91 Å². The monoisotopic (exact) mass is 343 g/mol. The predicted octanol–water partition coefficient (Wildman–Crippen LogP) is 5.02. The zero-order valence-corrected chi connectivity index (χ0v) is 15.3. The molecule has 3 rings (SSSR count). The number of hydrogen-bond acceptors (Lipinski definition) is 1. The Labute approximate surface area is 156 Å². The fourth-order valence-electron chi connectivity index (χ4n) is 3.02. The molecule has 0 bridgehead atoms. The van der Waals surface area contributed by atoms with E-state index < -0.39 is 0 Å². The van der Waals surface area contributed by atoms with E-state index in [9.17, 15) is 4.79 Å². The average molecular weight is 343 g/mol. The van der Waals surface area contributed by atoms with Crippen LogP contribution in [0.25, 0.3) is 0 Å². The van der Waals surface area contributed by atoms with E-state index in [0.717, 1.165) is 23.1 Å². The fourth-order valence-corrected chi connectivity index (χ4v) is 3.02. The first kappa shape index (κ1) is 17.9. The molecule has 0 saturated carbocycles. The van der Waals surface area contributed by atoms with Crippen LogP contribution in [0.2, 0.25) is 0 Å². The highest BCUT2D eigenvalue weighted by Crippen LogP contribution is 2.13.